The molecule has 5 heteroatoms. The molecule has 2 unspecified atom stereocenters. The molecule has 1 N–H and O–H groups in total. The number of hydrogen-bond donors (Lipinski definition) is 1. The van der Waals surface area contributed by atoms with Gasteiger partial charge in [0.25, 0.3) is 0 Å². The number of ether oxygens (including phenoxy) is 1. The van der Waals surface area contributed by atoms with Crippen molar-refractivity contribution >= 4 is 11.9 Å². The van der Waals surface area contributed by atoms with Crippen LogP contribution in [0.15, 0.2) is 91.0 Å². The number of amides is 1. The minimum atomic E-state index is -0.614. The van der Waals surface area contributed by atoms with E-state index in [4.69, 9.17) is 0 Å². The van der Waals surface area contributed by atoms with E-state index in [1.807, 2.05) is 54.6 Å². The summed E-state index contributed by atoms with van der Waals surface area (Å²) in [5.41, 5.74) is 2.65. The van der Waals surface area contributed by atoms with Gasteiger partial charge in [-0.3, -0.25) is 14.5 Å². The second-order valence-electron chi connectivity index (χ2n) is 7.27. The number of carbonyl (C=O) groups excluding carboxylic acids is 2. The maximum atomic E-state index is 12.8. The topological polar surface area (TPSA) is 58.4 Å². The fraction of sp³-hybridized carbons (Fsp3) is 0.200. The third kappa shape index (κ3) is 3.60. The quantitative estimate of drug-likeness (QED) is 0.376. The normalized spacial score (nSPS) is 17.8. The molecular weight excluding hydrogens is 376 g/mol. The lowest BCUT2D eigenvalue weighted by molar-refractivity contribution is -0.141. The molecule has 3 aromatic rings. The van der Waals surface area contributed by atoms with Gasteiger partial charge in [0.05, 0.1) is 12.6 Å². The van der Waals surface area contributed by atoms with Crippen LogP contribution in [-0.4, -0.2) is 43.0 Å². The molecule has 30 heavy (non-hydrogen) atoms. The van der Waals surface area contributed by atoms with Crippen molar-refractivity contribution in [1.82, 2.24) is 10.2 Å². The van der Waals surface area contributed by atoms with Gasteiger partial charge in [-0.25, -0.2) is 0 Å². The maximum absolute atomic E-state index is 12.8. The van der Waals surface area contributed by atoms with E-state index in [0.717, 1.165) is 16.7 Å². The third-order valence-corrected chi connectivity index (χ3v) is 5.56. The Morgan fingerprint density at radius 3 is 1.70 bits per heavy atom. The smallest absolute Gasteiger partial charge is 0.325 e. The summed E-state index contributed by atoms with van der Waals surface area (Å²) in [4.78, 5) is 26.4. The van der Waals surface area contributed by atoms with Crippen LogP contribution in [0.2, 0.25) is 0 Å². The van der Waals surface area contributed by atoms with E-state index < -0.39 is 11.5 Å². The fourth-order valence-corrected chi connectivity index (χ4v) is 4.12. The SMILES string of the molecule is COC(=O)CNC(=O)C1CN1C(c1ccccc1)(c1ccccc1)c1ccccc1. The second kappa shape index (κ2) is 8.51. The van der Waals surface area contributed by atoms with Gasteiger partial charge in [0.15, 0.2) is 0 Å². The number of carbonyl (C=O) groups is 2. The van der Waals surface area contributed by atoms with Crippen LogP contribution < -0.4 is 5.32 Å². The molecule has 1 amide bonds. The number of benzene rings is 3. The molecule has 5 nitrogen and oxygen atoms in total. The van der Waals surface area contributed by atoms with Crippen LogP contribution in [0.4, 0.5) is 0 Å². The van der Waals surface area contributed by atoms with Crippen molar-refractivity contribution in [3.05, 3.63) is 108 Å². The van der Waals surface area contributed by atoms with Crippen molar-refractivity contribution in [2.45, 2.75) is 11.6 Å². The van der Waals surface area contributed by atoms with E-state index in [1.165, 1.54) is 7.11 Å². The number of rotatable bonds is 7. The van der Waals surface area contributed by atoms with E-state index in [9.17, 15) is 9.59 Å². The Morgan fingerprint density at radius 1 is 0.867 bits per heavy atom. The van der Waals surface area contributed by atoms with Crippen LogP contribution in [0.1, 0.15) is 16.7 Å². The van der Waals surface area contributed by atoms with Gasteiger partial charge in [-0.2, -0.15) is 0 Å². The second-order valence-corrected chi connectivity index (χ2v) is 7.27. The summed E-state index contributed by atoms with van der Waals surface area (Å²) in [6, 6.07) is 30.4. The maximum Gasteiger partial charge on any atom is 0.325 e. The predicted molar refractivity (Wildman–Crippen MR) is 115 cm³/mol. The molecule has 152 valence electrons. The lowest BCUT2D eigenvalue weighted by Crippen LogP contribution is -2.42. The van der Waals surface area contributed by atoms with Crippen LogP contribution in [-0.2, 0) is 19.9 Å². The monoisotopic (exact) mass is 400 g/mol. The number of esters is 1. The highest BCUT2D eigenvalue weighted by atomic mass is 16.5. The van der Waals surface area contributed by atoms with Crippen LogP contribution in [0.5, 0.6) is 0 Å². The van der Waals surface area contributed by atoms with Crippen molar-refractivity contribution in [3.8, 4) is 0 Å². The van der Waals surface area contributed by atoms with E-state index in [1.54, 1.807) is 0 Å². The van der Waals surface area contributed by atoms with Gasteiger partial charge in [0, 0.05) is 6.54 Å². The Hall–Kier alpha value is -3.44. The molecule has 0 aliphatic carbocycles. The average Bonchev–Trinajstić information content (AvgIpc) is 3.61. The molecule has 0 radical (unpaired) electrons. The van der Waals surface area contributed by atoms with Crippen molar-refractivity contribution in [3.63, 3.8) is 0 Å². The Balaban J connectivity index is 1.79. The standard InChI is InChI=1S/C25H24N2O3/c1-30-23(28)17-26-24(29)22-18-27(22)25(19-11-5-2-6-12-19,20-13-7-3-8-14-20)21-15-9-4-10-16-21/h2-16,22H,17-18H2,1H3,(H,26,29). The Kier molecular flexibility index (Phi) is 5.63. The Labute approximate surface area is 176 Å². The molecule has 0 saturated carbocycles. The highest BCUT2D eigenvalue weighted by molar-refractivity contribution is 5.88. The average molecular weight is 400 g/mol. The van der Waals surface area contributed by atoms with Crippen LogP contribution in [0, 0.1) is 0 Å². The first-order valence-electron chi connectivity index (χ1n) is 9.95. The molecule has 1 aliphatic rings. The molecule has 0 bridgehead atoms. The lowest BCUT2D eigenvalue weighted by Gasteiger charge is -2.38. The predicted octanol–water partition coefficient (Wildman–Crippen LogP) is 2.95. The van der Waals surface area contributed by atoms with E-state index in [0.29, 0.717) is 6.54 Å². The fourth-order valence-electron chi connectivity index (χ4n) is 4.12. The molecule has 3 aromatic carbocycles. The number of hydrogen-bond acceptors (Lipinski definition) is 4. The van der Waals surface area contributed by atoms with Crippen molar-refractivity contribution < 1.29 is 14.3 Å². The lowest BCUT2D eigenvalue weighted by atomic mass is 9.76. The van der Waals surface area contributed by atoms with Crippen molar-refractivity contribution in [2.75, 3.05) is 20.2 Å². The molecular formula is C25H24N2O3. The summed E-state index contributed by atoms with van der Waals surface area (Å²) in [6.07, 6.45) is 0. The van der Waals surface area contributed by atoms with Gasteiger partial charge in [0.2, 0.25) is 5.91 Å². The first-order valence-corrected chi connectivity index (χ1v) is 9.95. The molecule has 2 atom stereocenters. The zero-order valence-corrected chi connectivity index (χ0v) is 16.8. The number of nitrogens with zero attached hydrogens (tertiary/aromatic N) is 1. The van der Waals surface area contributed by atoms with E-state index in [-0.39, 0.29) is 18.5 Å². The summed E-state index contributed by atoms with van der Waals surface area (Å²) in [6.45, 7) is 0.459. The number of methoxy groups -OCH3 is 1. The summed E-state index contributed by atoms with van der Waals surface area (Å²) < 4.78 is 4.64. The first-order chi connectivity index (χ1) is 14.7. The van der Waals surface area contributed by atoms with Gasteiger partial charge in [0.1, 0.15) is 12.6 Å². The van der Waals surface area contributed by atoms with Gasteiger partial charge in [-0.15, -0.1) is 0 Å². The zero-order chi connectivity index (χ0) is 21.0. The molecule has 4 rings (SSSR count). The highest BCUT2D eigenvalue weighted by Gasteiger charge is 2.55. The minimum absolute atomic E-state index is 0.130. The Morgan fingerprint density at radius 2 is 1.30 bits per heavy atom. The van der Waals surface area contributed by atoms with Gasteiger partial charge in [-0.05, 0) is 16.7 Å². The first kappa shape index (κ1) is 19.9. The largest absolute Gasteiger partial charge is 0.468 e. The van der Waals surface area contributed by atoms with Gasteiger partial charge >= 0.3 is 5.97 Å². The summed E-state index contributed by atoms with van der Waals surface area (Å²) in [5.74, 6) is -0.636. The molecule has 1 heterocycles. The molecule has 0 aromatic heterocycles. The van der Waals surface area contributed by atoms with Crippen molar-refractivity contribution in [1.29, 1.82) is 0 Å². The third-order valence-electron chi connectivity index (χ3n) is 5.56. The van der Waals surface area contributed by atoms with Crippen LogP contribution >= 0.6 is 0 Å². The van der Waals surface area contributed by atoms with Gasteiger partial charge < -0.3 is 10.1 Å². The zero-order valence-electron chi connectivity index (χ0n) is 16.8. The summed E-state index contributed by atoms with van der Waals surface area (Å²) in [5, 5.41) is 2.70. The molecule has 1 saturated heterocycles. The van der Waals surface area contributed by atoms with E-state index >= 15 is 0 Å². The van der Waals surface area contributed by atoms with Crippen LogP contribution in [0.25, 0.3) is 0 Å². The summed E-state index contributed by atoms with van der Waals surface area (Å²) in [7, 11) is 1.31. The van der Waals surface area contributed by atoms with Crippen molar-refractivity contribution in [2.24, 2.45) is 0 Å². The molecule has 1 fully saturated rings. The highest BCUT2D eigenvalue weighted by Crippen LogP contribution is 2.48. The molecule has 0 spiro atoms. The molecule has 1 aliphatic heterocycles. The van der Waals surface area contributed by atoms with E-state index in [2.05, 4.69) is 51.4 Å². The Bertz CT molecular complexity index is 910. The number of nitrogens with one attached hydrogen (secondary N) is 1. The van der Waals surface area contributed by atoms with Gasteiger partial charge in [-0.1, -0.05) is 91.0 Å². The van der Waals surface area contributed by atoms with Crippen LogP contribution in [0.3, 0.4) is 0 Å². The minimum Gasteiger partial charge on any atom is -0.468 e. The summed E-state index contributed by atoms with van der Waals surface area (Å²) >= 11 is 0.